The lowest BCUT2D eigenvalue weighted by Gasteiger charge is -2.11. The second-order valence-electron chi connectivity index (χ2n) is 3.91. The number of nitrogens with one attached hydrogen (secondary N) is 1. The van der Waals surface area contributed by atoms with Crippen molar-refractivity contribution in [1.82, 2.24) is 0 Å². The Morgan fingerprint density at radius 2 is 1.95 bits per heavy atom. The summed E-state index contributed by atoms with van der Waals surface area (Å²) >= 11 is 5.98. The van der Waals surface area contributed by atoms with Gasteiger partial charge in [0.05, 0.1) is 11.3 Å². The van der Waals surface area contributed by atoms with Crippen LogP contribution in [0.2, 0.25) is 5.02 Å². The van der Waals surface area contributed by atoms with Crippen molar-refractivity contribution >= 4 is 23.3 Å². The molecule has 19 heavy (non-hydrogen) atoms. The Bertz CT molecular complexity index is 616. The number of aromatic carboxylic acids is 1. The Morgan fingerprint density at radius 1 is 1.21 bits per heavy atom. The van der Waals surface area contributed by atoms with Gasteiger partial charge in [0.1, 0.15) is 5.82 Å². The quantitative estimate of drug-likeness (QED) is 0.895. The lowest BCUT2D eigenvalue weighted by molar-refractivity contribution is 0.0697. The molecule has 0 aliphatic rings. The van der Waals surface area contributed by atoms with Crippen LogP contribution in [0, 0.1) is 5.82 Å². The minimum Gasteiger partial charge on any atom is -0.478 e. The zero-order valence-electron chi connectivity index (χ0n) is 9.86. The van der Waals surface area contributed by atoms with Gasteiger partial charge in [0.25, 0.3) is 0 Å². The van der Waals surface area contributed by atoms with Crippen molar-refractivity contribution in [1.29, 1.82) is 0 Å². The Labute approximate surface area is 114 Å². The summed E-state index contributed by atoms with van der Waals surface area (Å²) in [6.45, 7) is 0.251. The molecular weight excluding hydrogens is 269 g/mol. The van der Waals surface area contributed by atoms with Gasteiger partial charge in [-0.25, -0.2) is 9.18 Å². The highest BCUT2D eigenvalue weighted by Gasteiger charge is 2.14. The minimum absolute atomic E-state index is 0.0325. The van der Waals surface area contributed by atoms with Crippen molar-refractivity contribution in [3.63, 3.8) is 0 Å². The number of anilines is 1. The number of hydrogen-bond donors (Lipinski definition) is 2. The zero-order valence-corrected chi connectivity index (χ0v) is 10.6. The smallest absolute Gasteiger partial charge is 0.337 e. The van der Waals surface area contributed by atoms with Crippen molar-refractivity contribution in [3.05, 3.63) is 64.4 Å². The number of rotatable bonds is 4. The number of carboxylic acid groups (broad SMARTS) is 1. The summed E-state index contributed by atoms with van der Waals surface area (Å²) in [7, 11) is 0. The van der Waals surface area contributed by atoms with Crippen LogP contribution in [0.4, 0.5) is 10.1 Å². The van der Waals surface area contributed by atoms with E-state index in [0.717, 1.165) is 5.56 Å². The highest BCUT2D eigenvalue weighted by Crippen LogP contribution is 2.22. The molecule has 0 saturated heterocycles. The largest absolute Gasteiger partial charge is 0.478 e. The molecule has 0 bridgehead atoms. The van der Waals surface area contributed by atoms with Crippen molar-refractivity contribution in [2.75, 3.05) is 5.32 Å². The number of benzene rings is 2. The van der Waals surface area contributed by atoms with Crippen molar-refractivity contribution in [2.45, 2.75) is 6.54 Å². The van der Waals surface area contributed by atoms with Gasteiger partial charge in [-0.3, -0.25) is 0 Å². The third-order valence-electron chi connectivity index (χ3n) is 2.66. The molecule has 0 aliphatic heterocycles. The fourth-order valence-corrected chi connectivity index (χ4v) is 1.91. The molecule has 2 N–H and O–H groups in total. The molecular formula is C14H11ClFNO2. The molecule has 0 aliphatic carbocycles. The van der Waals surface area contributed by atoms with E-state index in [4.69, 9.17) is 16.7 Å². The van der Waals surface area contributed by atoms with Gasteiger partial charge in [-0.15, -0.1) is 0 Å². The molecule has 0 radical (unpaired) electrons. The Hall–Kier alpha value is -2.07. The van der Waals surface area contributed by atoms with Gasteiger partial charge in [0, 0.05) is 11.6 Å². The van der Waals surface area contributed by atoms with Crippen LogP contribution in [0.25, 0.3) is 0 Å². The fraction of sp³-hybridized carbons (Fsp3) is 0.0714. The molecule has 2 rings (SSSR count). The molecule has 0 atom stereocenters. The second kappa shape index (κ2) is 5.71. The van der Waals surface area contributed by atoms with E-state index in [9.17, 15) is 9.18 Å². The summed E-state index contributed by atoms with van der Waals surface area (Å²) in [4.78, 5) is 11.0. The van der Waals surface area contributed by atoms with Crippen LogP contribution in [0.1, 0.15) is 15.9 Å². The first-order valence-electron chi connectivity index (χ1n) is 5.58. The van der Waals surface area contributed by atoms with Gasteiger partial charge in [0.15, 0.2) is 0 Å². The van der Waals surface area contributed by atoms with Crippen LogP contribution in [-0.2, 0) is 6.54 Å². The number of hydrogen-bond acceptors (Lipinski definition) is 2. The van der Waals surface area contributed by atoms with Crippen molar-refractivity contribution in [2.24, 2.45) is 0 Å². The summed E-state index contributed by atoms with van der Waals surface area (Å²) in [6.07, 6.45) is 0. The molecule has 0 aromatic heterocycles. The summed E-state index contributed by atoms with van der Waals surface area (Å²) < 4.78 is 13.7. The van der Waals surface area contributed by atoms with Gasteiger partial charge in [-0.2, -0.15) is 0 Å². The molecule has 0 heterocycles. The summed E-state index contributed by atoms with van der Waals surface area (Å²) in [6, 6.07) is 11.0. The van der Waals surface area contributed by atoms with Crippen LogP contribution in [-0.4, -0.2) is 11.1 Å². The molecule has 0 spiro atoms. The second-order valence-corrected chi connectivity index (χ2v) is 4.32. The average Bonchev–Trinajstić information content (AvgIpc) is 2.38. The number of carboxylic acids is 1. The topological polar surface area (TPSA) is 49.3 Å². The molecule has 3 nitrogen and oxygen atoms in total. The molecule has 0 fully saturated rings. The summed E-state index contributed by atoms with van der Waals surface area (Å²) in [5.74, 6) is -1.78. The lowest BCUT2D eigenvalue weighted by atomic mass is 10.1. The van der Waals surface area contributed by atoms with E-state index < -0.39 is 11.8 Å². The third-order valence-corrected chi connectivity index (χ3v) is 3.03. The van der Waals surface area contributed by atoms with E-state index in [1.54, 1.807) is 18.2 Å². The molecule has 5 heteroatoms. The first-order chi connectivity index (χ1) is 9.09. The van der Waals surface area contributed by atoms with E-state index >= 15 is 0 Å². The molecule has 0 amide bonds. The molecule has 0 unspecified atom stereocenters. The van der Waals surface area contributed by atoms with Gasteiger partial charge in [-0.1, -0.05) is 35.9 Å². The first-order valence-corrected chi connectivity index (χ1v) is 5.96. The Balaban J connectivity index is 2.25. The third kappa shape index (κ3) is 3.03. The highest BCUT2D eigenvalue weighted by molar-refractivity contribution is 6.31. The maximum Gasteiger partial charge on any atom is 0.337 e. The van der Waals surface area contributed by atoms with Crippen LogP contribution < -0.4 is 5.32 Å². The normalized spacial score (nSPS) is 10.2. The molecule has 0 saturated carbocycles. The number of carbonyl (C=O) groups is 1. The van der Waals surface area contributed by atoms with E-state index in [-0.39, 0.29) is 17.8 Å². The number of halogens is 2. The first kappa shape index (κ1) is 13.4. The van der Waals surface area contributed by atoms with E-state index in [0.29, 0.717) is 5.02 Å². The summed E-state index contributed by atoms with van der Waals surface area (Å²) in [5, 5.41) is 12.3. The molecule has 98 valence electrons. The maximum atomic E-state index is 13.7. The van der Waals surface area contributed by atoms with Crippen LogP contribution in [0.3, 0.4) is 0 Å². The van der Waals surface area contributed by atoms with Gasteiger partial charge in [-0.05, 0) is 23.8 Å². The Morgan fingerprint density at radius 3 is 2.63 bits per heavy atom. The standard InChI is InChI=1S/C14H11ClFNO2/c15-11-6-2-1-4-9(11)8-17-13-10(14(18)19)5-3-7-12(13)16/h1-7,17H,8H2,(H,18,19). The highest BCUT2D eigenvalue weighted by atomic mass is 35.5. The fourth-order valence-electron chi connectivity index (χ4n) is 1.71. The minimum atomic E-state index is -1.18. The van der Waals surface area contributed by atoms with Crippen LogP contribution in [0.5, 0.6) is 0 Å². The molecule has 2 aromatic rings. The van der Waals surface area contributed by atoms with Crippen molar-refractivity contribution < 1.29 is 14.3 Å². The summed E-state index contributed by atoms with van der Waals surface area (Å²) in [5.41, 5.74) is 0.630. The van der Waals surface area contributed by atoms with Gasteiger partial charge in [0.2, 0.25) is 0 Å². The lowest BCUT2D eigenvalue weighted by Crippen LogP contribution is -2.08. The number of para-hydroxylation sites is 1. The van der Waals surface area contributed by atoms with E-state index in [2.05, 4.69) is 5.32 Å². The Kier molecular flexibility index (Phi) is 4.02. The SMILES string of the molecule is O=C(O)c1cccc(F)c1NCc1ccccc1Cl. The molecule has 2 aromatic carbocycles. The van der Waals surface area contributed by atoms with Crippen molar-refractivity contribution in [3.8, 4) is 0 Å². The zero-order chi connectivity index (χ0) is 13.8. The van der Waals surface area contributed by atoms with Gasteiger partial charge < -0.3 is 10.4 Å². The van der Waals surface area contributed by atoms with Crippen LogP contribution >= 0.6 is 11.6 Å². The average molecular weight is 280 g/mol. The predicted molar refractivity (Wildman–Crippen MR) is 72.1 cm³/mol. The van der Waals surface area contributed by atoms with Gasteiger partial charge >= 0.3 is 5.97 Å². The maximum absolute atomic E-state index is 13.7. The van der Waals surface area contributed by atoms with E-state index in [1.165, 1.54) is 18.2 Å². The van der Waals surface area contributed by atoms with Crippen LogP contribution in [0.15, 0.2) is 42.5 Å². The van der Waals surface area contributed by atoms with E-state index in [1.807, 2.05) is 6.07 Å². The monoisotopic (exact) mass is 279 g/mol. The predicted octanol–water partition coefficient (Wildman–Crippen LogP) is 3.79.